The highest BCUT2D eigenvalue weighted by Crippen LogP contribution is 2.35. The number of aromatic nitrogens is 10. The lowest BCUT2D eigenvalue weighted by Crippen LogP contribution is -2.28. The average molecular weight is 774 g/mol. The van der Waals surface area contributed by atoms with Gasteiger partial charge in [-0.15, -0.1) is 35.1 Å². The van der Waals surface area contributed by atoms with Crippen LogP contribution in [0.3, 0.4) is 0 Å². The number of nitrogens with one attached hydrogen (secondary N) is 1. The second-order valence-corrected chi connectivity index (χ2v) is 14.8. The number of thiazole rings is 2. The third-order valence-corrected chi connectivity index (χ3v) is 11.8. The second kappa shape index (κ2) is 14.0. The number of nitrogens with zero attached hydrogens (tertiary/aromatic N) is 11. The third kappa shape index (κ3) is 6.39. The predicted molar refractivity (Wildman–Crippen MR) is 202 cm³/mol. The van der Waals surface area contributed by atoms with Crippen molar-refractivity contribution in [2.45, 2.75) is 21.8 Å². The van der Waals surface area contributed by atoms with Crippen molar-refractivity contribution in [2.24, 2.45) is 19.1 Å². The van der Waals surface area contributed by atoms with E-state index >= 15 is 0 Å². The maximum absolute atomic E-state index is 12.9. The maximum atomic E-state index is 12.9. The number of aryl methyl sites for hydroxylation is 2. The summed E-state index contributed by atoms with van der Waals surface area (Å²) in [5.74, 6) is 0.551. The summed E-state index contributed by atoms with van der Waals surface area (Å²) in [6.07, 6.45) is 12.5. The highest BCUT2D eigenvalue weighted by Gasteiger charge is 2.20. The number of rotatable bonds is 6. The zero-order valence-corrected chi connectivity index (χ0v) is 31.1. The predicted octanol–water partition coefficient (Wildman–Crippen LogP) is 5.08. The monoisotopic (exact) mass is 772 g/mol. The summed E-state index contributed by atoms with van der Waals surface area (Å²) in [6.45, 7) is 4.33. The molecule has 0 radical (unpaired) electrons. The summed E-state index contributed by atoms with van der Waals surface area (Å²) >= 11 is 12.1. The number of hydrogen-bond donors (Lipinski definition) is 1. The normalized spacial score (nSPS) is 12.8. The van der Waals surface area contributed by atoms with Crippen LogP contribution in [0.25, 0.3) is 42.5 Å². The van der Waals surface area contributed by atoms with Gasteiger partial charge in [0, 0.05) is 43.0 Å². The Labute approximate surface area is 305 Å². The molecule has 1 aliphatic heterocycles. The van der Waals surface area contributed by atoms with Gasteiger partial charge in [0.15, 0.2) is 20.0 Å². The molecule has 0 unspecified atom stereocenters. The van der Waals surface area contributed by atoms with Gasteiger partial charge in [0.1, 0.15) is 16.9 Å². The van der Waals surface area contributed by atoms with Crippen LogP contribution in [0.15, 0.2) is 72.1 Å². The van der Waals surface area contributed by atoms with Crippen LogP contribution in [0.2, 0.25) is 5.28 Å². The summed E-state index contributed by atoms with van der Waals surface area (Å²) in [4.78, 5) is 46.8. The molecule has 7 aromatic heterocycles. The molecule has 252 valence electrons. The molecule has 20 heteroatoms. The first-order chi connectivity index (χ1) is 23.2. The molecule has 0 amide bonds. The van der Waals surface area contributed by atoms with E-state index in [0.29, 0.717) is 29.1 Å². The van der Waals surface area contributed by atoms with Crippen LogP contribution in [-0.2, 0) is 27.2 Å². The minimum absolute atomic E-state index is 0. The van der Waals surface area contributed by atoms with Gasteiger partial charge >= 0.3 is 0 Å². The van der Waals surface area contributed by atoms with Gasteiger partial charge in [-0.2, -0.15) is 10.2 Å². The molecule has 0 saturated carbocycles. The van der Waals surface area contributed by atoms with Gasteiger partial charge in [0.05, 0.1) is 40.6 Å². The molecule has 0 aliphatic carbocycles. The molecule has 0 atom stereocenters. The molecule has 1 N–H and O–H groups in total. The van der Waals surface area contributed by atoms with Gasteiger partial charge in [-0.3, -0.25) is 9.59 Å². The molecule has 0 fully saturated rings. The van der Waals surface area contributed by atoms with Crippen molar-refractivity contribution >= 4 is 119 Å². The van der Waals surface area contributed by atoms with Gasteiger partial charge in [0.2, 0.25) is 5.28 Å². The van der Waals surface area contributed by atoms with Crippen molar-refractivity contribution in [1.82, 2.24) is 53.9 Å². The first kappa shape index (κ1) is 34.8. The molecule has 14 nitrogen and oxygen atoms in total. The van der Waals surface area contributed by atoms with Gasteiger partial charge in [-0.25, -0.2) is 34.3 Å². The molecule has 0 spiro atoms. The van der Waals surface area contributed by atoms with E-state index in [-0.39, 0.29) is 35.4 Å². The number of allylic oxidation sites excluding steroid dienone is 2. The van der Waals surface area contributed by atoms with Crippen molar-refractivity contribution in [3.8, 4) is 0 Å². The Hall–Kier alpha value is -4.07. The number of aliphatic imine (C=N–C) groups is 1. The summed E-state index contributed by atoms with van der Waals surface area (Å²) in [5.41, 5.74) is 3.97. The van der Waals surface area contributed by atoms with Gasteiger partial charge in [-0.1, -0.05) is 30.1 Å². The van der Waals surface area contributed by atoms with Crippen LogP contribution < -0.4 is 16.4 Å². The van der Waals surface area contributed by atoms with Gasteiger partial charge in [-0.05, 0) is 36.3 Å². The first-order valence-corrected chi connectivity index (χ1v) is 18.6. The first-order valence-electron chi connectivity index (χ1n) is 14.1. The zero-order chi connectivity index (χ0) is 33.7. The van der Waals surface area contributed by atoms with E-state index in [2.05, 4.69) is 47.0 Å². The highest BCUT2D eigenvalue weighted by molar-refractivity contribution is 8.00. The SMILES string of the molecule is C=C1N=CC=C(Cn2ncc3c4sc(SC)nc4n(C)c3c2=O)N1.CSc1nc2c(s1)c1cnn(Cc3ccnc(Cl)n3)c(=O)c1n2C.Cl. The van der Waals surface area contributed by atoms with E-state index in [1.54, 1.807) is 77.1 Å². The lowest BCUT2D eigenvalue weighted by Gasteiger charge is -2.13. The van der Waals surface area contributed by atoms with E-state index in [1.165, 1.54) is 9.36 Å². The molecule has 0 bridgehead atoms. The fourth-order valence-corrected chi connectivity index (χ4v) is 8.65. The summed E-state index contributed by atoms with van der Waals surface area (Å²) < 4.78 is 10.4. The third-order valence-electron chi connectivity index (χ3n) is 7.49. The van der Waals surface area contributed by atoms with Crippen molar-refractivity contribution < 1.29 is 0 Å². The molecule has 0 aromatic carbocycles. The molecule has 0 saturated heterocycles. The number of thioether (sulfide) groups is 2. The Morgan fingerprint density at radius 1 is 0.878 bits per heavy atom. The number of hydrogen-bond acceptors (Lipinski definition) is 14. The molecular formula is C29H26Cl2N12O2S4. The number of fused-ring (bicyclic) bond motifs is 6. The highest BCUT2D eigenvalue weighted by atomic mass is 35.5. The molecule has 8 heterocycles. The summed E-state index contributed by atoms with van der Waals surface area (Å²) in [5, 5.41) is 13.5. The van der Waals surface area contributed by atoms with E-state index in [0.717, 1.165) is 45.8 Å². The zero-order valence-electron chi connectivity index (χ0n) is 26.2. The Morgan fingerprint density at radius 2 is 1.43 bits per heavy atom. The van der Waals surface area contributed by atoms with Crippen LogP contribution in [0, 0.1) is 0 Å². The van der Waals surface area contributed by atoms with Gasteiger partial charge < -0.3 is 14.5 Å². The average Bonchev–Trinajstić information content (AvgIpc) is 3.82. The topological polar surface area (TPSA) is 156 Å². The lowest BCUT2D eigenvalue weighted by atomic mass is 10.3. The molecule has 7 aromatic rings. The Balaban J connectivity index is 0.000000167. The Kier molecular flexibility index (Phi) is 9.97. The van der Waals surface area contributed by atoms with E-state index in [9.17, 15) is 9.59 Å². The van der Waals surface area contributed by atoms with E-state index < -0.39 is 0 Å². The van der Waals surface area contributed by atoms with Crippen molar-refractivity contribution in [1.29, 1.82) is 0 Å². The van der Waals surface area contributed by atoms with Crippen LogP contribution in [0.4, 0.5) is 0 Å². The van der Waals surface area contributed by atoms with Crippen molar-refractivity contribution in [3.63, 3.8) is 0 Å². The quantitative estimate of drug-likeness (QED) is 0.178. The van der Waals surface area contributed by atoms with E-state index in [4.69, 9.17) is 11.6 Å². The fourth-order valence-electron chi connectivity index (χ4n) is 5.28. The van der Waals surface area contributed by atoms with Crippen LogP contribution in [0.5, 0.6) is 0 Å². The maximum Gasteiger partial charge on any atom is 0.291 e. The molecular weight excluding hydrogens is 748 g/mol. The van der Waals surface area contributed by atoms with Crippen LogP contribution in [0.1, 0.15) is 5.69 Å². The molecule has 8 rings (SSSR count). The fraction of sp³-hybridized carbons (Fsp3) is 0.207. The molecule has 49 heavy (non-hydrogen) atoms. The van der Waals surface area contributed by atoms with E-state index in [1.807, 2.05) is 41.8 Å². The minimum Gasteiger partial charge on any atom is -0.343 e. The molecule has 1 aliphatic rings. The Morgan fingerprint density at radius 3 is 1.94 bits per heavy atom. The van der Waals surface area contributed by atoms with Crippen molar-refractivity contribution in [3.05, 3.63) is 80.5 Å². The number of halogens is 2. The van der Waals surface area contributed by atoms with Crippen LogP contribution >= 0.6 is 70.2 Å². The smallest absolute Gasteiger partial charge is 0.291 e. The second-order valence-electron chi connectivity index (χ2n) is 10.4. The Bertz CT molecular complexity index is 2590. The summed E-state index contributed by atoms with van der Waals surface area (Å²) in [6, 6.07) is 1.71. The summed E-state index contributed by atoms with van der Waals surface area (Å²) in [7, 11) is 3.72. The van der Waals surface area contributed by atoms with Crippen LogP contribution in [-0.4, -0.2) is 67.4 Å². The van der Waals surface area contributed by atoms with Gasteiger partial charge in [0.25, 0.3) is 11.1 Å². The van der Waals surface area contributed by atoms with Crippen molar-refractivity contribution in [2.75, 3.05) is 12.5 Å². The lowest BCUT2D eigenvalue weighted by molar-refractivity contribution is 0.612. The standard InChI is InChI=1S/C15H14N6OS2.C14H11ClN6OS2.ClH/c1-8-16-5-4-9(18-8)7-21-14(22)11-10(6-17-21)12-13(20(11)2)19-15(23-3)24-12;1-20-9-8(10-11(20)19-14(23-2)24-10)5-17-21(12(9)22)6-7-3-4-16-13(15)18-7;/h4-6,18H,1,7H2,2-3H3;3-5H,6H2,1-2H3;1H. The largest absolute Gasteiger partial charge is 0.343 e. The minimum atomic E-state index is -0.180.